The second kappa shape index (κ2) is 15.2. The predicted molar refractivity (Wildman–Crippen MR) is 222 cm³/mol. The van der Waals surface area contributed by atoms with Crippen molar-refractivity contribution in [3.05, 3.63) is 135 Å². The number of hydrogen-bond donors (Lipinski definition) is 2. The van der Waals surface area contributed by atoms with Crippen molar-refractivity contribution in [2.45, 2.75) is 52.5 Å². The quantitative estimate of drug-likeness (QED) is 0.178. The standard InChI is InChI=1S/C37H41ClN4.C8H6N2O/c1-24-20-33-30(29-9-5-4-8-28(24)29)13-12-27-22-36(25(2)21-32(27)33)39-15-14-26(3)41-16-18-42(19-17-41)37-23-34(38)31-10-6-7-11-35(31)40-37;11-8-6-3-1-2-4-7(6)9-5-10-8/h5-7,9-13,21-24,26,39H,4,8,14-20H2,1-3H3;1-5H,(H,9,10,11). The highest BCUT2D eigenvalue weighted by atomic mass is 35.5. The fourth-order valence-electron chi connectivity index (χ4n) is 8.38. The molecule has 0 amide bonds. The lowest BCUT2D eigenvalue weighted by Gasteiger charge is -2.38. The van der Waals surface area contributed by atoms with E-state index in [0.717, 1.165) is 72.8 Å². The van der Waals surface area contributed by atoms with Gasteiger partial charge in [-0.25, -0.2) is 9.97 Å². The molecule has 0 radical (unpaired) electrons. The molecule has 7 nitrogen and oxygen atoms in total. The zero-order valence-electron chi connectivity index (χ0n) is 30.8. The molecule has 6 aromatic rings. The Hall–Kier alpha value is -4.98. The van der Waals surface area contributed by atoms with E-state index in [4.69, 9.17) is 16.6 Å². The fourth-order valence-corrected chi connectivity index (χ4v) is 8.64. The molecule has 3 aliphatic rings. The van der Waals surface area contributed by atoms with E-state index in [0.29, 0.717) is 17.3 Å². The number of benzene rings is 4. The molecular weight excluding hydrogens is 676 g/mol. The summed E-state index contributed by atoms with van der Waals surface area (Å²) in [6.07, 6.45) is 10.8. The maximum absolute atomic E-state index is 11.1. The van der Waals surface area contributed by atoms with Crippen molar-refractivity contribution in [3.8, 4) is 0 Å². The lowest BCUT2D eigenvalue weighted by atomic mass is 9.74. The number of fused-ring (bicyclic) bond motifs is 6. The summed E-state index contributed by atoms with van der Waals surface area (Å²) in [4.78, 5) is 27.5. The van der Waals surface area contributed by atoms with Crippen molar-refractivity contribution < 1.29 is 0 Å². The Kier molecular flexibility index (Phi) is 10.0. The van der Waals surface area contributed by atoms with E-state index < -0.39 is 0 Å². The first kappa shape index (κ1) is 35.1. The number of piperazine rings is 1. The van der Waals surface area contributed by atoms with Gasteiger partial charge in [-0.1, -0.05) is 78.7 Å². The monoisotopic (exact) mass is 722 g/mol. The summed E-state index contributed by atoms with van der Waals surface area (Å²) in [5, 5.41) is 9.00. The average Bonchev–Trinajstić information content (AvgIpc) is 3.19. The molecule has 53 heavy (non-hydrogen) atoms. The minimum atomic E-state index is -0.0874. The van der Waals surface area contributed by atoms with Crippen molar-refractivity contribution in [1.29, 1.82) is 0 Å². The number of H-pyrrole nitrogens is 1. The molecule has 0 saturated carbocycles. The van der Waals surface area contributed by atoms with Gasteiger partial charge in [0.15, 0.2) is 0 Å². The van der Waals surface area contributed by atoms with E-state index in [9.17, 15) is 4.79 Å². The van der Waals surface area contributed by atoms with E-state index in [1.54, 1.807) is 11.6 Å². The van der Waals surface area contributed by atoms with Crippen LogP contribution in [0.5, 0.6) is 0 Å². The summed E-state index contributed by atoms with van der Waals surface area (Å²) in [6.45, 7) is 12.0. The molecule has 2 atom stereocenters. The van der Waals surface area contributed by atoms with Crippen LogP contribution in [0.25, 0.3) is 38.2 Å². The molecule has 2 N–H and O–H groups in total. The molecular formula is C45H47ClN6O. The van der Waals surface area contributed by atoms with E-state index in [1.807, 2.05) is 48.5 Å². The molecule has 3 heterocycles. The second-order valence-corrected chi connectivity index (χ2v) is 15.2. The number of halogens is 1. The highest BCUT2D eigenvalue weighted by molar-refractivity contribution is 6.35. The summed E-state index contributed by atoms with van der Waals surface area (Å²) in [6, 6.07) is 27.4. The molecule has 0 bridgehead atoms. The van der Waals surface area contributed by atoms with Gasteiger partial charge in [-0.3, -0.25) is 9.69 Å². The molecule has 2 aromatic heterocycles. The van der Waals surface area contributed by atoms with E-state index in [2.05, 4.69) is 82.3 Å². The molecule has 8 heteroatoms. The molecule has 1 fully saturated rings. The second-order valence-electron chi connectivity index (χ2n) is 14.8. The highest BCUT2D eigenvalue weighted by Gasteiger charge is 2.26. The number of pyridine rings is 1. The van der Waals surface area contributed by atoms with Crippen LogP contribution in [-0.2, 0) is 6.42 Å². The number of aryl methyl sites for hydroxylation is 1. The Morgan fingerprint density at radius 1 is 0.943 bits per heavy atom. The molecule has 2 unspecified atom stereocenters. The Balaban J connectivity index is 0.000000310. The van der Waals surface area contributed by atoms with Gasteiger partial charge in [-0.2, -0.15) is 0 Å². The van der Waals surface area contributed by atoms with Crippen molar-refractivity contribution >= 4 is 61.3 Å². The molecule has 4 aromatic carbocycles. The minimum Gasteiger partial charge on any atom is -0.385 e. The number of hydrogen-bond acceptors (Lipinski definition) is 6. The number of nitrogens with one attached hydrogen (secondary N) is 2. The number of aromatic amines is 1. The van der Waals surface area contributed by atoms with Gasteiger partial charge >= 0.3 is 0 Å². The first-order valence-corrected chi connectivity index (χ1v) is 19.4. The van der Waals surface area contributed by atoms with Crippen LogP contribution in [0.1, 0.15) is 49.8 Å². The van der Waals surface area contributed by atoms with Gasteiger partial charge in [0.25, 0.3) is 5.56 Å². The maximum Gasteiger partial charge on any atom is 0.258 e. The summed E-state index contributed by atoms with van der Waals surface area (Å²) in [5.74, 6) is 1.62. The lowest BCUT2D eigenvalue weighted by molar-refractivity contribution is 0.191. The van der Waals surface area contributed by atoms with Crippen LogP contribution in [0.4, 0.5) is 11.5 Å². The molecule has 270 valence electrons. The first-order chi connectivity index (χ1) is 25.8. The first-order valence-electron chi connectivity index (χ1n) is 19.0. The van der Waals surface area contributed by atoms with Crippen molar-refractivity contribution in [2.24, 2.45) is 5.92 Å². The fraction of sp³-hybridized carbons (Fsp3) is 0.311. The Bertz CT molecular complexity index is 2420. The van der Waals surface area contributed by atoms with Gasteiger partial charge in [0, 0.05) is 49.8 Å². The minimum absolute atomic E-state index is 0.0874. The summed E-state index contributed by atoms with van der Waals surface area (Å²) in [5.41, 5.74) is 10.4. The smallest absolute Gasteiger partial charge is 0.258 e. The molecule has 9 rings (SSSR count). The summed E-state index contributed by atoms with van der Waals surface area (Å²) < 4.78 is 0. The Labute approximate surface area is 316 Å². The Morgan fingerprint density at radius 2 is 1.72 bits per heavy atom. The van der Waals surface area contributed by atoms with Gasteiger partial charge < -0.3 is 15.2 Å². The third kappa shape index (κ3) is 7.20. The predicted octanol–water partition coefficient (Wildman–Crippen LogP) is 9.58. The van der Waals surface area contributed by atoms with Crippen LogP contribution in [0.2, 0.25) is 5.02 Å². The van der Waals surface area contributed by atoms with Gasteiger partial charge in [-0.05, 0) is 115 Å². The van der Waals surface area contributed by atoms with Crippen LogP contribution >= 0.6 is 11.6 Å². The van der Waals surface area contributed by atoms with E-state index >= 15 is 0 Å². The summed E-state index contributed by atoms with van der Waals surface area (Å²) >= 11 is 6.58. The zero-order chi connectivity index (χ0) is 36.5. The van der Waals surface area contributed by atoms with Crippen molar-refractivity contribution in [1.82, 2.24) is 19.9 Å². The van der Waals surface area contributed by atoms with Crippen LogP contribution in [0.3, 0.4) is 0 Å². The number of allylic oxidation sites excluding steroid dienone is 4. The third-order valence-electron chi connectivity index (χ3n) is 11.4. The topological polar surface area (TPSA) is 77.1 Å². The summed E-state index contributed by atoms with van der Waals surface area (Å²) in [7, 11) is 0. The van der Waals surface area contributed by atoms with Crippen molar-refractivity contribution in [3.63, 3.8) is 0 Å². The number of para-hydroxylation sites is 2. The number of anilines is 2. The van der Waals surface area contributed by atoms with E-state index in [-0.39, 0.29) is 5.56 Å². The van der Waals surface area contributed by atoms with E-state index in [1.165, 1.54) is 57.9 Å². The van der Waals surface area contributed by atoms with Crippen molar-refractivity contribution in [2.75, 3.05) is 42.9 Å². The third-order valence-corrected chi connectivity index (χ3v) is 11.7. The van der Waals surface area contributed by atoms with Gasteiger partial charge in [0.05, 0.1) is 27.8 Å². The highest BCUT2D eigenvalue weighted by Crippen LogP contribution is 2.43. The molecule has 2 aliphatic carbocycles. The zero-order valence-corrected chi connectivity index (χ0v) is 31.6. The molecule has 1 aliphatic heterocycles. The van der Waals surface area contributed by atoms with Gasteiger partial charge in [0.1, 0.15) is 5.82 Å². The van der Waals surface area contributed by atoms with Crippen LogP contribution in [0, 0.1) is 12.8 Å². The van der Waals surface area contributed by atoms with Gasteiger partial charge in [0.2, 0.25) is 0 Å². The SMILES string of the molecule is Cc1cc2c3c(ccc2cc1NCCC(C)N1CCN(c2cc(Cl)c4ccccc4n2)CC1)C1=C(CCC=C1)C(C)C3.O=c1[nH]cnc2ccccc12. The number of rotatable bonds is 6. The van der Waals surface area contributed by atoms with Crippen LogP contribution < -0.4 is 15.8 Å². The molecule has 1 saturated heterocycles. The largest absolute Gasteiger partial charge is 0.385 e. The maximum atomic E-state index is 11.1. The van der Waals surface area contributed by atoms with Crippen LogP contribution in [0.15, 0.2) is 108 Å². The lowest BCUT2D eigenvalue weighted by Crippen LogP contribution is -2.50. The average molecular weight is 723 g/mol. The normalized spacial score (nSPS) is 17.7. The Morgan fingerprint density at radius 3 is 2.53 bits per heavy atom. The van der Waals surface area contributed by atoms with Crippen LogP contribution in [-0.4, -0.2) is 58.6 Å². The van der Waals surface area contributed by atoms with Gasteiger partial charge in [-0.15, -0.1) is 0 Å². The number of nitrogens with zero attached hydrogens (tertiary/aromatic N) is 4. The molecule has 0 spiro atoms. The number of aromatic nitrogens is 3.